The Bertz CT molecular complexity index is 1060. The van der Waals surface area contributed by atoms with E-state index in [0.717, 1.165) is 54.2 Å². The van der Waals surface area contributed by atoms with Gasteiger partial charge in [0.15, 0.2) is 0 Å². The monoisotopic (exact) mass is 418 g/mol. The van der Waals surface area contributed by atoms with Crippen molar-refractivity contribution < 1.29 is 4.79 Å². The molecule has 1 aromatic carbocycles. The van der Waals surface area contributed by atoms with Crippen molar-refractivity contribution in [3.63, 3.8) is 0 Å². The van der Waals surface area contributed by atoms with Crippen molar-refractivity contribution in [3.05, 3.63) is 59.5 Å². The second-order valence-corrected chi connectivity index (χ2v) is 8.75. The maximum atomic E-state index is 12.9. The SMILES string of the molecule is CC(C)NC(=O)c1cc([C@H]2CCN(Cc3cnc(N(C)C)nc3)C2)nc2ccccc12. The molecule has 0 saturated carbocycles. The number of fused-ring (bicyclic) bond motifs is 1. The first kappa shape index (κ1) is 21.2. The highest BCUT2D eigenvalue weighted by Gasteiger charge is 2.26. The minimum absolute atomic E-state index is 0.0390. The Hall–Kier alpha value is -3.06. The summed E-state index contributed by atoms with van der Waals surface area (Å²) in [6.07, 6.45) is 4.82. The Morgan fingerprint density at radius 1 is 1.23 bits per heavy atom. The summed E-state index contributed by atoms with van der Waals surface area (Å²) in [5, 5.41) is 3.93. The van der Waals surface area contributed by atoms with Crippen LogP contribution in [0, 0.1) is 0 Å². The van der Waals surface area contributed by atoms with E-state index in [1.54, 1.807) is 0 Å². The molecule has 4 rings (SSSR count). The molecule has 162 valence electrons. The van der Waals surface area contributed by atoms with Crippen LogP contribution in [0.2, 0.25) is 0 Å². The van der Waals surface area contributed by atoms with Gasteiger partial charge in [-0.3, -0.25) is 14.7 Å². The fraction of sp³-hybridized carbons (Fsp3) is 0.417. The molecule has 31 heavy (non-hydrogen) atoms. The standard InChI is InChI=1S/C24H30N6O/c1-16(2)27-23(31)20-11-22(28-21-8-6-5-7-19(20)21)18-9-10-30(15-18)14-17-12-25-24(26-13-17)29(3)4/h5-8,11-13,16,18H,9-10,14-15H2,1-4H3,(H,27,31)/t18-/m0/s1. The zero-order chi connectivity index (χ0) is 22.0. The average Bonchev–Trinajstić information content (AvgIpc) is 3.21. The first-order valence-electron chi connectivity index (χ1n) is 10.8. The number of amides is 1. The molecule has 3 heterocycles. The lowest BCUT2D eigenvalue weighted by atomic mass is 9.99. The van der Waals surface area contributed by atoms with Gasteiger partial charge in [0.05, 0.1) is 11.1 Å². The third-order valence-corrected chi connectivity index (χ3v) is 5.59. The van der Waals surface area contributed by atoms with Crippen molar-refractivity contribution in [3.8, 4) is 0 Å². The molecule has 1 N–H and O–H groups in total. The summed E-state index contributed by atoms with van der Waals surface area (Å²) in [6, 6.07) is 9.97. The minimum Gasteiger partial charge on any atom is -0.350 e. The molecular weight excluding hydrogens is 388 g/mol. The van der Waals surface area contributed by atoms with Crippen LogP contribution in [-0.2, 0) is 6.54 Å². The molecular formula is C24H30N6O. The van der Waals surface area contributed by atoms with Crippen molar-refractivity contribution in [2.24, 2.45) is 0 Å². The average molecular weight is 419 g/mol. The number of nitrogens with zero attached hydrogens (tertiary/aromatic N) is 5. The molecule has 1 aliphatic rings. The molecule has 0 unspecified atom stereocenters. The van der Waals surface area contributed by atoms with E-state index in [0.29, 0.717) is 11.5 Å². The number of carbonyl (C=O) groups is 1. The van der Waals surface area contributed by atoms with Gasteiger partial charge in [0.25, 0.3) is 5.91 Å². The number of aromatic nitrogens is 3. The fourth-order valence-corrected chi connectivity index (χ4v) is 4.07. The van der Waals surface area contributed by atoms with Crippen molar-refractivity contribution in [1.82, 2.24) is 25.2 Å². The zero-order valence-electron chi connectivity index (χ0n) is 18.7. The summed E-state index contributed by atoms with van der Waals surface area (Å²) in [5.74, 6) is 0.982. The topological polar surface area (TPSA) is 74.2 Å². The Morgan fingerprint density at radius 3 is 2.68 bits per heavy atom. The van der Waals surface area contributed by atoms with E-state index >= 15 is 0 Å². The van der Waals surface area contributed by atoms with Crippen molar-refractivity contribution in [2.45, 2.75) is 38.8 Å². The quantitative estimate of drug-likeness (QED) is 0.663. The molecule has 7 heteroatoms. The summed E-state index contributed by atoms with van der Waals surface area (Å²) >= 11 is 0. The Kier molecular flexibility index (Phi) is 6.13. The number of anilines is 1. The van der Waals surface area contributed by atoms with E-state index in [9.17, 15) is 4.79 Å². The predicted molar refractivity (Wildman–Crippen MR) is 123 cm³/mol. The third-order valence-electron chi connectivity index (χ3n) is 5.59. The summed E-state index contributed by atoms with van der Waals surface area (Å²) in [5.41, 5.74) is 3.68. The first-order chi connectivity index (χ1) is 14.9. The number of carbonyl (C=O) groups excluding carboxylic acids is 1. The van der Waals surface area contributed by atoms with Gasteiger partial charge in [-0.05, 0) is 38.9 Å². The molecule has 0 aliphatic carbocycles. The largest absolute Gasteiger partial charge is 0.350 e. The maximum Gasteiger partial charge on any atom is 0.252 e. The molecule has 1 atom stereocenters. The Labute approximate surface area is 183 Å². The molecule has 0 spiro atoms. The number of hydrogen-bond acceptors (Lipinski definition) is 6. The predicted octanol–water partition coefficient (Wildman–Crippen LogP) is 3.22. The second kappa shape index (κ2) is 8.98. The van der Waals surface area contributed by atoms with Crippen LogP contribution >= 0.6 is 0 Å². The van der Waals surface area contributed by atoms with Gasteiger partial charge in [-0.2, -0.15) is 0 Å². The molecule has 2 aromatic heterocycles. The number of hydrogen-bond donors (Lipinski definition) is 1. The summed E-state index contributed by atoms with van der Waals surface area (Å²) in [6.45, 7) is 6.67. The van der Waals surface area contributed by atoms with Crippen LogP contribution in [-0.4, -0.2) is 59.0 Å². The number of pyridine rings is 1. The highest BCUT2D eigenvalue weighted by molar-refractivity contribution is 6.06. The van der Waals surface area contributed by atoms with Crippen LogP contribution < -0.4 is 10.2 Å². The number of para-hydroxylation sites is 1. The lowest BCUT2D eigenvalue weighted by molar-refractivity contribution is 0.0944. The number of benzene rings is 1. The molecule has 1 fully saturated rings. The van der Waals surface area contributed by atoms with Crippen LogP contribution in [0.5, 0.6) is 0 Å². The summed E-state index contributed by atoms with van der Waals surface area (Å²) in [4.78, 5) is 30.9. The van der Waals surface area contributed by atoms with E-state index in [2.05, 4.69) is 20.2 Å². The number of nitrogens with one attached hydrogen (secondary N) is 1. The molecule has 1 aliphatic heterocycles. The van der Waals surface area contributed by atoms with Gasteiger partial charge >= 0.3 is 0 Å². The minimum atomic E-state index is -0.0390. The van der Waals surface area contributed by atoms with Gasteiger partial charge in [-0.25, -0.2) is 9.97 Å². The zero-order valence-corrected chi connectivity index (χ0v) is 18.7. The van der Waals surface area contributed by atoms with Crippen molar-refractivity contribution in [2.75, 3.05) is 32.1 Å². The van der Waals surface area contributed by atoms with E-state index < -0.39 is 0 Å². The van der Waals surface area contributed by atoms with Gasteiger partial charge in [0.2, 0.25) is 5.95 Å². The molecule has 0 radical (unpaired) electrons. The van der Waals surface area contributed by atoms with Crippen LogP contribution in [0.4, 0.5) is 5.95 Å². The van der Waals surface area contributed by atoms with Gasteiger partial charge in [-0.15, -0.1) is 0 Å². The lowest BCUT2D eigenvalue weighted by Gasteiger charge is -2.17. The Balaban J connectivity index is 1.53. The van der Waals surface area contributed by atoms with Gasteiger partial charge in [0, 0.05) is 68.2 Å². The van der Waals surface area contributed by atoms with E-state index in [1.165, 1.54) is 0 Å². The highest BCUT2D eigenvalue weighted by atomic mass is 16.1. The first-order valence-corrected chi connectivity index (χ1v) is 10.8. The van der Waals surface area contributed by atoms with Crippen molar-refractivity contribution in [1.29, 1.82) is 0 Å². The van der Waals surface area contributed by atoms with E-state index in [-0.39, 0.29) is 11.9 Å². The van der Waals surface area contributed by atoms with Crippen LogP contribution in [0.15, 0.2) is 42.7 Å². The Morgan fingerprint density at radius 2 is 1.97 bits per heavy atom. The third kappa shape index (κ3) is 4.82. The molecule has 1 amide bonds. The molecule has 1 saturated heterocycles. The molecule has 7 nitrogen and oxygen atoms in total. The van der Waals surface area contributed by atoms with Gasteiger partial charge < -0.3 is 10.2 Å². The summed E-state index contributed by atoms with van der Waals surface area (Å²) < 4.78 is 0. The molecule has 3 aromatic rings. The van der Waals surface area contributed by atoms with Gasteiger partial charge in [0.1, 0.15) is 0 Å². The van der Waals surface area contributed by atoms with Crippen LogP contribution in [0.25, 0.3) is 10.9 Å². The lowest BCUT2D eigenvalue weighted by Crippen LogP contribution is -2.30. The maximum absolute atomic E-state index is 12.9. The number of likely N-dealkylation sites (tertiary alicyclic amines) is 1. The van der Waals surface area contributed by atoms with Crippen LogP contribution in [0.1, 0.15) is 47.8 Å². The second-order valence-electron chi connectivity index (χ2n) is 8.75. The summed E-state index contributed by atoms with van der Waals surface area (Å²) in [7, 11) is 3.87. The highest BCUT2D eigenvalue weighted by Crippen LogP contribution is 2.30. The van der Waals surface area contributed by atoms with Crippen molar-refractivity contribution >= 4 is 22.8 Å². The van der Waals surface area contributed by atoms with Gasteiger partial charge in [-0.1, -0.05) is 18.2 Å². The fourth-order valence-electron chi connectivity index (χ4n) is 4.07. The molecule has 0 bridgehead atoms. The smallest absolute Gasteiger partial charge is 0.252 e. The van der Waals surface area contributed by atoms with E-state index in [1.807, 2.05) is 75.6 Å². The normalized spacial score (nSPS) is 16.7. The van der Waals surface area contributed by atoms with E-state index in [4.69, 9.17) is 4.98 Å². The van der Waals surface area contributed by atoms with Crippen LogP contribution in [0.3, 0.4) is 0 Å². The number of rotatable bonds is 6.